The van der Waals surface area contributed by atoms with Crippen molar-refractivity contribution >= 4 is 34.5 Å². The molecule has 3 rings (SSSR count). The van der Waals surface area contributed by atoms with Crippen LogP contribution in [-0.4, -0.2) is 12.1 Å². The topological polar surface area (TPSA) is 48.1 Å². The van der Waals surface area contributed by atoms with Crippen LogP contribution in [0.25, 0.3) is 21.8 Å². The van der Waals surface area contributed by atoms with E-state index in [0.29, 0.717) is 22.3 Å². The number of benzene rings is 2. The molecule has 0 saturated carbocycles. The Balaban J connectivity index is 2.05. The second kappa shape index (κ2) is 6.89. The first-order chi connectivity index (χ1) is 11.1. The van der Waals surface area contributed by atoms with Gasteiger partial charge in [-0.1, -0.05) is 41.4 Å². The van der Waals surface area contributed by atoms with Crippen LogP contribution in [0.5, 0.6) is 5.75 Å². The summed E-state index contributed by atoms with van der Waals surface area (Å²) < 4.78 is 5.39. The number of halogens is 2. The molecule has 0 aliphatic carbocycles. The highest BCUT2D eigenvalue weighted by Crippen LogP contribution is 2.40. The molecule has 2 N–H and O–H groups in total. The highest BCUT2D eigenvalue weighted by atomic mass is 35.5. The van der Waals surface area contributed by atoms with Crippen molar-refractivity contribution in [2.24, 2.45) is 5.73 Å². The van der Waals surface area contributed by atoms with Gasteiger partial charge >= 0.3 is 0 Å². The molecule has 2 aromatic carbocycles. The largest absolute Gasteiger partial charge is 0.494 e. The monoisotopic (exact) mass is 364 g/mol. The molecule has 0 spiro atoms. The molecule has 0 unspecified atom stereocenters. The summed E-state index contributed by atoms with van der Waals surface area (Å²) in [6.07, 6.45) is 0. The molecule has 1 heterocycles. The molecule has 0 saturated heterocycles. The summed E-state index contributed by atoms with van der Waals surface area (Å²) in [5.41, 5.74) is 9.37. The van der Waals surface area contributed by atoms with Gasteiger partial charge in [-0.2, -0.15) is 0 Å². The van der Waals surface area contributed by atoms with E-state index in [9.17, 15) is 0 Å². The first kappa shape index (κ1) is 16.3. The van der Waals surface area contributed by atoms with Crippen molar-refractivity contribution in [1.82, 2.24) is 4.98 Å². The molecule has 118 valence electrons. The minimum absolute atomic E-state index is 0.467. The number of ether oxygens (including phenoxy) is 1. The molecule has 3 nitrogen and oxygen atoms in total. The van der Waals surface area contributed by atoms with Crippen molar-refractivity contribution in [2.75, 3.05) is 7.11 Å². The van der Waals surface area contributed by atoms with Crippen molar-refractivity contribution in [2.45, 2.75) is 6.54 Å². The lowest BCUT2D eigenvalue weighted by atomic mass is 10.1. The second-order valence-electron chi connectivity index (χ2n) is 4.91. The van der Waals surface area contributed by atoms with Crippen molar-refractivity contribution < 1.29 is 4.74 Å². The highest BCUT2D eigenvalue weighted by molar-refractivity contribution is 7.13. The molecule has 0 bridgehead atoms. The van der Waals surface area contributed by atoms with Crippen LogP contribution in [0.1, 0.15) is 5.56 Å². The van der Waals surface area contributed by atoms with Crippen LogP contribution >= 0.6 is 34.5 Å². The lowest BCUT2D eigenvalue weighted by Crippen LogP contribution is -1.95. The third-order valence-corrected chi connectivity index (χ3v) is 4.79. The molecule has 0 amide bonds. The number of thiazole rings is 1. The predicted octanol–water partition coefficient (Wildman–Crippen LogP) is 5.25. The molecule has 6 heteroatoms. The molecular formula is C17H14Cl2N2OS. The number of methoxy groups -OCH3 is 1. The van der Waals surface area contributed by atoms with Gasteiger partial charge in [0.1, 0.15) is 10.8 Å². The van der Waals surface area contributed by atoms with E-state index in [-0.39, 0.29) is 0 Å². The van der Waals surface area contributed by atoms with Crippen LogP contribution in [-0.2, 0) is 6.54 Å². The van der Waals surface area contributed by atoms with Crippen molar-refractivity contribution in [1.29, 1.82) is 0 Å². The summed E-state index contributed by atoms with van der Waals surface area (Å²) >= 11 is 13.9. The van der Waals surface area contributed by atoms with Crippen LogP contribution in [0.15, 0.2) is 41.8 Å². The number of hydrogen-bond acceptors (Lipinski definition) is 4. The number of nitrogens with two attached hydrogens (primary N) is 1. The zero-order chi connectivity index (χ0) is 16.4. The van der Waals surface area contributed by atoms with Crippen LogP contribution in [0.4, 0.5) is 0 Å². The van der Waals surface area contributed by atoms with E-state index in [2.05, 4.69) is 0 Å². The maximum absolute atomic E-state index is 6.20. The van der Waals surface area contributed by atoms with Crippen molar-refractivity contribution in [3.63, 3.8) is 0 Å². The van der Waals surface area contributed by atoms with E-state index in [0.717, 1.165) is 27.4 Å². The molecule has 0 atom stereocenters. The predicted molar refractivity (Wildman–Crippen MR) is 97.4 cm³/mol. The standard InChI is InChI=1S/C17H14Cl2N2OS/c1-22-16-13(6-12(18)7-14(16)19)15-9-23-17(21-15)11-4-2-3-10(5-11)8-20/h2-7,9H,8,20H2,1H3. The zero-order valence-electron chi connectivity index (χ0n) is 12.3. The minimum atomic E-state index is 0.467. The van der Waals surface area contributed by atoms with E-state index >= 15 is 0 Å². The summed E-state index contributed by atoms with van der Waals surface area (Å²) in [4.78, 5) is 4.70. The second-order valence-corrected chi connectivity index (χ2v) is 6.61. The third-order valence-electron chi connectivity index (χ3n) is 3.40. The zero-order valence-corrected chi connectivity index (χ0v) is 14.7. The molecule has 23 heavy (non-hydrogen) atoms. The quantitative estimate of drug-likeness (QED) is 0.687. The van der Waals surface area contributed by atoms with Gasteiger partial charge in [0.25, 0.3) is 0 Å². The van der Waals surface area contributed by atoms with E-state index in [1.54, 1.807) is 30.6 Å². The first-order valence-electron chi connectivity index (χ1n) is 6.90. The van der Waals surface area contributed by atoms with Crippen LogP contribution in [0.2, 0.25) is 10.0 Å². The Morgan fingerprint density at radius 3 is 2.78 bits per heavy atom. The van der Waals surface area contributed by atoms with Crippen LogP contribution in [0.3, 0.4) is 0 Å². The van der Waals surface area contributed by atoms with Crippen LogP contribution < -0.4 is 10.5 Å². The summed E-state index contributed by atoms with van der Waals surface area (Å²) in [6, 6.07) is 11.5. The summed E-state index contributed by atoms with van der Waals surface area (Å²) in [5, 5.41) is 3.89. The summed E-state index contributed by atoms with van der Waals surface area (Å²) in [7, 11) is 1.58. The lowest BCUT2D eigenvalue weighted by molar-refractivity contribution is 0.416. The maximum atomic E-state index is 6.20. The number of rotatable bonds is 4. The number of hydrogen-bond donors (Lipinski definition) is 1. The molecule has 3 aromatic rings. The Morgan fingerprint density at radius 2 is 2.04 bits per heavy atom. The van der Waals surface area contributed by atoms with Gasteiger partial charge in [-0.25, -0.2) is 4.98 Å². The van der Waals surface area contributed by atoms with Crippen molar-refractivity contribution in [3.05, 3.63) is 57.4 Å². The lowest BCUT2D eigenvalue weighted by Gasteiger charge is -2.09. The van der Waals surface area contributed by atoms with Crippen LogP contribution in [0, 0.1) is 0 Å². The first-order valence-corrected chi connectivity index (χ1v) is 8.54. The molecule has 0 fully saturated rings. The maximum Gasteiger partial charge on any atom is 0.146 e. The molecule has 1 aromatic heterocycles. The van der Waals surface area contributed by atoms with E-state index in [1.165, 1.54) is 0 Å². The fraction of sp³-hybridized carbons (Fsp3) is 0.118. The Hall–Kier alpha value is -1.59. The fourth-order valence-corrected chi connectivity index (χ4v) is 3.71. The van der Waals surface area contributed by atoms with E-state index in [4.69, 9.17) is 38.7 Å². The van der Waals surface area contributed by atoms with Gasteiger partial charge in [-0.05, 0) is 23.8 Å². The molecule has 0 aliphatic heterocycles. The van der Waals surface area contributed by atoms with Gasteiger partial charge in [-0.15, -0.1) is 11.3 Å². The SMILES string of the molecule is COc1c(Cl)cc(Cl)cc1-c1csc(-c2cccc(CN)c2)n1. The highest BCUT2D eigenvalue weighted by Gasteiger charge is 2.15. The Bertz CT molecular complexity index is 848. The normalized spacial score (nSPS) is 10.8. The summed E-state index contributed by atoms with van der Waals surface area (Å²) in [5.74, 6) is 0.573. The van der Waals surface area contributed by atoms with Gasteiger partial charge in [-0.3, -0.25) is 0 Å². The Morgan fingerprint density at radius 1 is 1.22 bits per heavy atom. The third kappa shape index (κ3) is 3.35. The van der Waals surface area contributed by atoms with Gasteiger partial charge in [0.05, 0.1) is 17.8 Å². The average molecular weight is 365 g/mol. The van der Waals surface area contributed by atoms with E-state index < -0.39 is 0 Å². The van der Waals surface area contributed by atoms with Gasteiger partial charge in [0.2, 0.25) is 0 Å². The number of nitrogens with zero attached hydrogens (tertiary/aromatic N) is 1. The fourth-order valence-electron chi connectivity index (χ4n) is 2.32. The molecule has 0 radical (unpaired) electrons. The van der Waals surface area contributed by atoms with E-state index in [1.807, 2.05) is 29.6 Å². The van der Waals surface area contributed by atoms with Gasteiger partial charge in [0, 0.05) is 28.1 Å². The van der Waals surface area contributed by atoms with Gasteiger partial charge in [0.15, 0.2) is 0 Å². The Kier molecular flexibility index (Phi) is 4.87. The minimum Gasteiger partial charge on any atom is -0.494 e. The smallest absolute Gasteiger partial charge is 0.146 e. The number of aromatic nitrogens is 1. The summed E-state index contributed by atoms with van der Waals surface area (Å²) in [6.45, 7) is 0.504. The Labute approximate surface area is 148 Å². The van der Waals surface area contributed by atoms with Gasteiger partial charge < -0.3 is 10.5 Å². The molecular weight excluding hydrogens is 351 g/mol. The molecule has 0 aliphatic rings. The average Bonchev–Trinajstić information content (AvgIpc) is 3.04. The van der Waals surface area contributed by atoms with Crippen molar-refractivity contribution in [3.8, 4) is 27.6 Å².